The number of amides is 1. The number of allylic oxidation sites excluding steroid dienone is 1. The van der Waals surface area contributed by atoms with Crippen LogP contribution in [0.15, 0.2) is 48.6 Å². The summed E-state index contributed by atoms with van der Waals surface area (Å²) in [7, 11) is 2.11. The van der Waals surface area contributed by atoms with Gasteiger partial charge >= 0.3 is 6.01 Å². The number of likely N-dealkylation sites (N-methyl/N-ethyl adjacent to an activating group) is 1. The summed E-state index contributed by atoms with van der Waals surface area (Å²) >= 11 is 6.67. The molecule has 2 fully saturated rings. The molecule has 0 aliphatic carbocycles. The topological polar surface area (TPSA) is 75.4 Å². The molecule has 11 heteroatoms. The van der Waals surface area contributed by atoms with E-state index in [0.29, 0.717) is 62.2 Å². The molecule has 3 atom stereocenters. The lowest BCUT2D eigenvalue weighted by Gasteiger charge is -2.40. The lowest BCUT2D eigenvalue weighted by molar-refractivity contribution is -0.128. The molecule has 0 N–H and O–H groups in total. The summed E-state index contributed by atoms with van der Waals surface area (Å²) in [6.07, 6.45) is 4.92. The monoisotopic (exact) mass is 618 g/mol. The van der Waals surface area contributed by atoms with Crippen LogP contribution >= 0.6 is 11.6 Å². The molecule has 1 amide bonds. The summed E-state index contributed by atoms with van der Waals surface area (Å²) < 4.78 is 25.4. The Morgan fingerprint density at radius 3 is 2.82 bits per heavy atom. The van der Waals surface area contributed by atoms with E-state index in [1.54, 1.807) is 4.90 Å². The molecule has 44 heavy (non-hydrogen) atoms. The predicted molar refractivity (Wildman–Crippen MR) is 168 cm³/mol. The van der Waals surface area contributed by atoms with Gasteiger partial charge in [0.2, 0.25) is 12.5 Å². The molecule has 0 spiro atoms. The number of likely N-dealkylation sites (tertiary alicyclic amines) is 1. The minimum absolute atomic E-state index is 0.136. The Morgan fingerprint density at radius 1 is 1.20 bits per heavy atom. The highest BCUT2D eigenvalue weighted by Gasteiger charge is 2.36. The summed E-state index contributed by atoms with van der Waals surface area (Å²) in [5, 5.41) is 2.71. The molecular weight excluding hydrogens is 583 g/mol. The zero-order valence-electron chi connectivity index (χ0n) is 24.8. The maximum absolute atomic E-state index is 12.8. The highest BCUT2D eigenvalue weighted by atomic mass is 35.5. The van der Waals surface area contributed by atoms with Gasteiger partial charge in [-0.05, 0) is 49.5 Å². The van der Waals surface area contributed by atoms with E-state index in [4.69, 9.17) is 37.6 Å². The molecule has 1 aromatic heterocycles. The number of hydrogen-bond donors (Lipinski definition) is 0. The first-order valence-electron chi connectivity index (χ1n) is 15.1. The quantitative estimate of drug-likeness (QED) is 0.259. The van der Waals surface area contributed by atoms with Gasteiger partial charge in [-0.3, -0.25) is 4.79 Å². The number of benzene rings is 2. The van der Waals surface area contributed by atoms with Crippen LogP contribution in [0.4, 0.5) is 10.2 Å². The third kappa shape index (κ3) is 6.23. The summed E-state index contributed by atoms with van der Waals surface area (Å²) in [4.78, 5) is 32.2. The van der Waals surface area contributed by atoms with Crippen LogP contribution in [0.1, 0.15) is 35.8 Å². The van der Waals surface area contributed by atoms with Crippen molar-refractivity contribution in [2.75, 3.05) is 58.0 Å². The molecule has 2 aromatic carbocycles. The minimum Gasteiger partial charge on any atom is -0.462 e. The summed E-state index contributed by atoms with van der Waals surface area (Å²) in [6.45, 7) is 10.1. The Kier molecular flexibility index (Phi) is 9.26. The highest BCUT2D eigenvalue weighted by molar-refractivity contribution is 6.35. The van der Waals surface area contributed by atoms with E-state index in [0.717, 1.165) is 47.0 Å². The van der Waals surface area contributed by atoms with E-state index in [1.165, 1.54) is 12.2 Å². The molecule has 3 aromatic rings. The van der Waals surface area contributed by atoms with Crippen LogP contribution in [0.2, 0.25) is 5.02 Å². The number of rotatable bonds is 8. The number of halogens is 2. The van der Waals surface area contributed by atoms with Gasteiger partial charge in [0.15, 0.2) is 0 Å². The first-order chi connectivity index (χ1) is 21.5. The van der Waals surface area contributed by atoms with E-state index in [-0.39, 0.29) is 24.6 Å². The van der Waals surface area contributed by atoms with Crippen molar-refractivity contribution in [3.63, 3.8) is 0 Å². The largest absolute Gasteiger partial charge is 0.462 e. The molecule has 9 nitrogen and oxygen atoms in total. The van der Waals surface area contributed by atoms with E-state index < -0.39 is 6.67 Å². The first-order valence-corrected chi connectivity index (χ1v) is 15.5. The third-order valence-corrected chi connectivity index (χ3v) is 9.20. The number of ether oxygens (including phenoxy) is 2. The Balaban J connectivity index is 1.32. The number of carbonyl (C=O) groups excluding carboxylic acids is 1. The fourth-order valence-electron chi connectivity index (χ4n) is 6.55. The third-order valence-electron chi connectivity index (χ3n) is 8.88. The number of anilines is 1. The van der Waals surface area contributed by atoms with Crippen molar-refractivity contribution in [3.05, 3.63) is 81.8 Å². The van der Waals surface area contributed by atoms with Crippen molar-refractivity contribution >= 4 is 34.1 Å². The molecule has 3 aliphatic heterocycles. The van der Waals surface area contributed by atoms with Gasteiger partial charge in [0.1, 0.15) is 25.1 Å². The summed E-state index contributed by atoms with van der Waals surface area (Å²) in [5.74, 6) is 0.422. The molecule has 0 bridgehead atoms. The molecule has 1 unspecified atom stereocenters. The van der Waals surface area contributed by atoms with Crippen molar-refractivity contribution in [1.82, 2.24) is 19.8 Å². The van der Waals surface area contributed by atoms with Crippen LogP contribution < -0.4 is 9.64 Å². The predicted octanol–water partition coefficient (Wildman–Crippen LogP) is 5.03. The van der Waals surface area contributed by atoms with Crippen molar-refractivity contribution in [1.29, 1.82) is 0 Å². The van der Waals surface area contributed by atoms with Gasteiger partial charge in [-0.25, -0.2) is 11.0 Å². The Hall–Kier alpha value is -3.78. The molecular formula is C33H36ClFN6O3. The number of alkyl halides is 1. The number of carbonyl (C=O) groups is 1. The molecule has 3 aliphatic rings. The average Bonchev–Trinajstić information content (AvgIpc) is 3.46. The van der Waals surface area contributed by atoms with E-state index in [9.17, 15) is 9.18 Å². The van der Waals surface area contributed by atoms with Crippen LogP contribution in [-0.2, 0) is 22.6 Å². The van der Waals surface area contributed by atoms with Gasteiger partial charge in [-0.2, -0.15) is 9.97 Å². The van der Waals surface area contributed by atoms with Crippen LogP contribution in [0.25, 0.3) is 15.6 Å². The van der Waals surface area contributed by atoms with Gasteiger partial charge < -0.3 is 29.0 Å². The van der Waals surface area contributed by atoms with Gasteiger partial charge in [0.25, 0.3) is 0 Å². The number of fused-ring (bicyclic) bond motifs is 2. The number of piperazine rings is 1. The van der Waals surface area contributed by atoms with Gasteiger partial charge in [0, 0.05) is 54.1 Å². The normalized spacial score (nSPS) is 22.4. The maximum atomic E-state index is 12.8. The number of aromatic nitrogens is 2. The zero-order valence-corrected chi connectivity index (χ0v) is 25.5. The zero-order chi connectivity index (χ0) is 30.6. The van der Waals surface area contributed by atoms with E-state index >= 15 is 0 Å². The van der Waals surface area contributed by atoms with E-state index in [2.05, 4.69) is 27.8 Å². The molecule has 4 heterocycles. The standard InChI is InChI=1S/C33H36ClFN6O3/c1-36-18-24-19-40(15-16-41(24)30(42)12-5-13-35)32-26-21-43-29(25-10-3-7-22-8-4-11-27(34)31(22)25)17-28(26)37-33(38-32)44-20-23-9-6-14-39(23)2/h3-5,7-8,10-12,23-24,29H,6,9,13-21H2,2H3/b12-5+/t23-,24-,29?/m0/s1. The lowest BCUT2D eigenvalue weighted by atomic mass is 9.94. The van der Waals surface area contributed by atoms with Gasteiger partial charge in [-0.1, -0.05) is 41.9 Å². The number of hydrogen-bond acceptors (Lipinski definition) is 7. The van der Waals surface area contributed by atoms with Crippen molar-refractivity contribution in [3.8, 4) is 6.01 Å². The van der Waals surface area contributed by atoms with Crippen molar-refractivity contribution in [2.45, 2.75) is 44.1 Å². The van der Waals surface area contributed by atoms with Gasteiger partial charge in [0.05, 0.1) is 18.4 Å². The minimum atomic E-state index is -0.711. The maximum Gasteiger partial charge on any atom is 0.318 e. The lowest BCUT2D eigenvalue weighted by Crippen LogP contribution is -2.56. The highest BCUT2D eigenvalue weighted by Crippen LogP contribution is 2.39. The second kappa shape index (κ2) is 13.5. The van der Waals surface area contributed by atoms with Crippen LogP contribution in [-0.4, -0.2) is 90.8 Å². The van der Waals surface area contributed by atoms with E-state index in [1.807, 2.05) is 30.3 Å². The van der Waals surface area contributed by atoms with Gasteiger partial charge in [-0.15, -0.1) is 0 Å². The second-order valence-corrected chi connectivity index (χ2v) is 12.0. The molecule has 0 saturated carbocycles. The first kappa shape index (κ1) is 30.3. The fourth-order valence-corrected chi connectivity index (χ4v) is 6.84. The van der Waals surface area contributed by atoms with Crippen molar-refractivity contribution in [2.24, 2.45) is 0 Å². The smallest absolute Gasteiger partial charge is 0.318 e. The van der Waals surface area contributed by atoms with Crippen LogP contribution in [0.5, 0.6) is 6.01 Å². The number of nitrogens with zero attached hydrogens (tertiary/aromatic N) is 6. The van der Waals surface area contributed by atoms with Crippen molar-refractivity contribution < 1.29 is 18.7 Å². The molecule has 2 saturated heterocycles. The second-order valence-electron chi connectivity index (χ2n) is 11.6. The Labute approximate surface area is 262 Å². The summed E-state index contributed by atoms with van der Waals surface area (Å²) in [5.41, 5.74) is 2.76. The van der Waals surface area contributed by atoms with Crippen LogP contribution in [0.3, 0.4) is 0 Å². The molecule has 6 rings (SSSR count). The SMILES string of the molecule is [C-]#[N+]C[C@H]1CN(c2nc(OC[C@@H]3CCCN3C)nc3c2COC(c2cccc4cccc(Cl)c24)C3)CCN1C(=O)/C=C/CF. The Bertz CT molecular complexity index is 1590. The average molecular weight is 619 g/mol. The molecule has 230 valence electrons. The fraction of sp³-hybridized carbons (Fsp3) is 0.455. The summed E-state index contributed by atoms with van der Waals surface area (Å²) in [6, 6.07) is 12.3. The molecule has 0 radical (unpaired) electrons. The van der Waals surface area contributed by atoms with Crippen LogP contribution in [0, 0.1) is 6.57 Å². The Morgan fingerprint density at radius 2 is 2.05 bits per heavy atom.